The first-order valence-corrected chi connectivity index (χ1v) is 12.5. The molecule has 0 aliphatic heterocycles. The molecule has 0 saturated heterocycles. The summed E-state index contributed by atoms with van der Waals surface area (Å²) in [5, 5.41) is 20.4. The highest BCUT2D eigenvalue weighted by molar-refractivity contribution is 5.75. The Morgan fingerprint density at radius 2 is 1.17 bits per heavy atom. The summed E-state index contributed by atoms with van der Waals surface area (Å²) in [6, 6.07) is 4.29. The number of hydrogen-bond donors (Lipinski definition) is 1. The lowest BCUT2D eigenvalue weighted by molar-refractivity contribution is -0.121. The number of carbonyl (C=O) groups excluding carboxylic acids is 1. The largest absolute Gasteiger partial charge is 0.356 e. The first-order valence-electron chi connectivity index (χ1n) is 12.5. The Morgan fingerprint density at radius 1 is 0.700 bits per heavy atom. The average molecular weight is 419 g/mol. The molecule has 1 amide bonds. The standard InChI is InChI=1S/C25H46N4O/c1-2-3-4-5-6-7-8-9-10-11-12-13-14-18-25(30)28-21-17-24-29(22-15-19-26)23-16-20-27/h2-18,21-24H2,1H3,(H,28,30). The highest BCUT2D eigenvalue weighted by Gasteiger charge is 2.05. The van der Waals surface area contributed by atoms with Crippen molar-refractivity contribution in [3.05, 3.63) is 0 Å². The molecule has 0 radical (unpaired) electrons. The Kier molecular flexibility index (Phi) is 22.4. The van der Waals surface area contributed by atoms with Crippen molar-refractivity contribution in [1.82, 2.24) is 10.2 Å². The quantitative estimate of drug-likeness (QED) is 0.215. The summed E-state index contributed by atoms with van der Waals surface area (Å²) >= 11 is 0. The minimum atomic E-state index is 0.152. The van der Waals surface area contributed by atoms with E-state index in [0.29, 0.717) is 38.9 Å². The van der Waals surface area contributed by atoms with Crippen molar-refractivity contribution >= 4 is 5.91 Å². The van der Waals surface area contributed by atoms with Gasteiger partial charge in [0.25, 0.3) is 0 Å². The van der Waals surface area contributed by atoms with Gasteiger partial charge < -0.3 is 10.2 Å². The highest BCUT2D eigenvalue weighted by atomic mass is 16.1. The van der Waals surface area contributed by atoms with Gasteiger partial charge in [-0.2, -0.15) is 10.5 Å². The molecule has 1 N–H and O–H groups in total. The monoisotopic (exact) mass is 418 g/mol. The van der Waals surface area contributed by atoms with E-state index in [1.54, 1.807) is 0 Å². The van der Waals surface area contributed by atoms with Crippen molar-refractivity contribution in [1.29, 1.82) is 10.5 Å². The molecule has 0 aromatic carbocycles. The van der Waals surface area contributed by atoms with Gasteiger partial charge in [0.05, 0.1) is 12.1 Å². The number of nitrogens with zero attached hydrogens (tertiary/aromatic N) is 3. The van der Waals surface area contributed by atoms with E-state index >= 15 is 0 Å². The number of nitriles is 2. The number of unbranched alkanes of at least 4 members (excludes halogenated alkanes) is 12. The summed E-state index contributed by atoms with van der Waals surface area (Å²) in [7, 11) is 0. The van der Waals surface area contributed by atoms with E-state index in [0.717, 1.165) is 25.8 Å². The molecule has 0 bridgehead atoms. The summed E-state index contributed by atoms with van der Waals surface area (Å²) in [6.07, 6.45) is 19.6. The molecule has 172 valence electrons. The van der Waals surface area contributed by atoms with Gasteiger partial charge >= 0.3 is 0 Å². The molecule has 5 nitrogen and oxygen atoms in total. The van der Waals surface area contributed by atoms with Gasteiger partial charge in [0.1, 0.15) is 0 Å². The second-order valence-electron chi connectivity index (χ2n) is 8.35. The van der Waals surface area contributed by atoms with Crippen molar-refractivity contribution in [2.75, 3.05) is 26.2 Å². The van der Waals surface area contributed by atoms with Crippen molar-refractivity contribution in [3.63, 3.8) is 0 Å². The third-order valence-corrected chi connectivity index (χ3v) is 5.56. The van der Waals surface area contributed by atoms with Crippen LogP contribution < -0.4 is 5.32 Å². The smallest absolute Gasteiger partial charge is 0.219 e. The van der Waals surface area contributed by atoms with Crippen molar-refractivity contribution in [3.8, 4) is 12.1 Å². The zero-order valence-electron chi connectivity index (χ0n) is 19.6. The zero-order valence-corrected chi connectivity index (χ0v) is 19.6. The zero-order chi connectivity index (χ0) is 22.1. The molecule has 0 heterocycles. The van der Waals surface area contributed by atoms with Crippen LogP contribution in [0.1, 0.15) is 116 Å². The summed E-state index contributed by atoms with van der Waals surface area (Å²) in [5.41, 5.74) is 0. The topological polar surface area (TPSA) is 79.9 Å². The van der Waals surface area contributed by atoms with Gasteiger partial charge in [0.15, 0.2) is 0 Å². The highest BCUT2D eigenvalue weighted by Crippen LogP contribution is 2.12. The molecule has 0 aromatic heterocycles. The maximum Gasteiger partial charge on any atom is 0.219 e. The normalized spacial score (nSPS) is 10.7. The Hall–Kier alpha value is -1.59. The van der Waals surface area contributed by atoms with Crippen LogP contribution in [0.25, 0.3) is 0 Å². The third-order valence-electron chi connectivity index (χ3n) is 5.56. The number of amides is 1. The van der Waals surface area contributed by atoms with Gasteiger partial charge in [-0.05, 0) is 19.4 Å². The van der Waals surface area contributed by atoms with E-state index in [-0.39, 0.29) is 5.91 Å². The number of hydrogen-bond acceptors (Lipinski definition) is 4. The minimum Gasteiger partial charge on any atom is -0.356 e. The van der Waals surface area contributed by atoms with Crippen LogP contribution in [0.15, 0.2) is 0 Å². The van der Waals surface area contributed by atoms with E-state index in [1.807, 2.05) is 0 Å². The molecule has 0 rings (SSSR count). The predicted molar refractivity (Wildman–Crippen MR) is 125 cm³/mol. The first-order chi connectivity index (χ1) is 14.7. The van der Waals surface area contributed by atoms with E-state index in [1.165, 1.54) is 70.6 Å². The van der Waals surface area contributed by atoms with E-state index in [2.05, 4.69) is 29.3 Å². The minimum absolute atomic E-state index is 0.152. The van der Waals surface area contributed by atoms with Crippen LogP contribution in [-0.4, -0.2) is 37.0 Å². The molecule has 0 spiro atoms. The summed E-state index contributed by atoms with van der Waals surface area (Å²) in [4.78, 5) is 14.1. The predicted octanol–water partition coefficient (Wildman–Crippen LogP) is 6.10. The molecule has 0 saturated carbocycles. The number of rotatable bonds is 22. The van der Waals surface area contributed by atoms with Crippen LogP contribution in [0.2, 0.25) is 0 Å². The molecule has 0 aliphatic carbocycles. The van der Waals surface area contributed by atoms with Crippen LogP contribution in [0.4, 0.5) is 0 Å². The maximum absolute atomic E-state index is 11.9. The molecule has 0 fully saturated rings. The average Bonchev–Trinajstić information content (AvgIpc) is 2.75. The van der Waals surface area contributed by atoms with Gasteiger partial charge in [-0.25, -0.2) is 0 Å². The Labute approximate surface area is 186 Å². The Bertz CT molecular complexity index is 449. The third kappa shape index (κ3) is 21.1. The molecule has 0 aromatic rings. The van der Waals surface area contributed by atoms with Crippen LogP contribution in [-0.2, 0) is 4.79 Å². The summed E-state index contributed by atoms with van der Waals surface area (Å²) < 4.78 is 0. The Morgan fingerprint density at radius 3 is 1.63 bits per heavy atom. The molecule has 0 atom stereocenters. The molecular formula is C25H46N4O. The maximum atomic E-state index is 11.9. The Balaban J connectivity index is 3.43. The van der Waals surface area contributed by atoms with Crippen molar-refractivity contribution < 1.29 is 4.79 Å². The van der Waals surface area contributed by atoms with Crippen LogP contribution >= 0.6 is 0 Å². The van der Waals surface area contributed by atoms with Crippen LogP contribution in [0, 0.1) is 22.7 Å². The van der Waals surface area contributed by atoms with Gasteiger partial charge in [-0.1, -0.05) is 84.0 Å². The number of carbonyl (C=O) groups is 1. The molecule has 5 heteroatoms. The van der Waals surface area contributed by atoms with E-state index in [4.69, 9.17) is 10.5 Å². The lowest BCUT2D eigenvalue weighted by Crippen LogP contribution is -2.31. The first kappa shape index (κ1) is 28.4. The van der Waals surface area contributed by atoms with Gasteiger partial charge in [0, 0.05) is 38.9 Å². The summed E-state index contributed by atoms with van der Waals surface area (Å²) in [6.45, 7) is 5.16. The van der Waals surface area contributed by atoms with Gasteiger partial charge in [-0.3, -0.25) is 4.79 Å². The fourth-order valence-electron chi connectivity index (χ4n) is 3.67. The van der Waals surface area contributed by atoms with Gasteiger partial charge in [-0.15, -0.1) is 0 Å². The van der Waals surface area contributed by atoms with Crippen molar-refractivity contribution in [2.24, 2.45) is 0 Å². The second-order valence-corrected chi connectivity index (χ2v) is 8.35. The van der Waals surface area contributed by atoms with E-state index < -0.39 is 0 Å². The SMILES string of the molecule is CCCCCCCCCCCCCCCC(=O)NCCCN(CCC#N)CCC#N. The molecule has 30 heavy (non-hydrogen) atoms. The fourth-order valence-corrected chi connectivity index (χ4v) is 3.67. The van der Waals surface area contributed by atoms with Crippen LogP contribution in [0.3, 0.4) is 0 Å². The lowest BCUT2D eigenvalue weighted by atomic mass is 10.0. The fraction of sp³-hybridized carbons (Fsp3) is 0.880. The molecular weight excluding hydrogens is 372 g/mol. The molecule has 0 aliphatic rings. The van der Waals surface area contributed by atoms with Crippen LogP contribution in [0.5, 0.6) is 0 Å². The number of nitrogens with one attached hydrogen (secondary N) is 1. The van der Waals surface area contributed by atoms with Gasteiger partial charge in [0.2, 0.25) is 5.91 Å². The van der Waals surface area contributed by atoms with Crippen molar-refractivity contribution in [2.45, 2.75) is 116 Å². The summed E-state index contributed by atoms with van der Waals surface area (Å²) in [5.74, 6) is 0.152. The van der Waals surface area contributed by atoms with E-state index in [9.17, 15) is 4.79 Å². The molecule has 0 unspecified atom stereocenters. The lowest BCUT2D eigenvalue weighted by Gasteiger charge is -2.19. The second kappa shape index (κ2) is 23.7.